The zero-order valence-electron chi connectivity index (χ0n) is 11.9. The summed E-state index contributed by atoms with van der Waals surface area (Å²) in [5, 5.41) is -0.597. The molecule has 0 radical (unpaired) electrons. The van der Waals surface area contributed by atoms with Crippen LogP contribution in [-0.4, -0.2) is 30.1 Å². The van der Waals surface area contributed by atoms with Crippen LogP contribution in [0.2, 0.25) is 5.15 Å². The molecule has 0 saturated heterocycles. The van der Waals surface area contributed by atoms with E-state index in [4.69, 9.17) is 11.6 Å². The molecule has 2 aromatic rings. The Morgan fingerprint density at radius 1 is 1.25 bits per heavy atom. The molecule has 1 N–H and O–H groups in total. The summed E-state index contributed by atoms with van der Waals surface area (Å²) >= 11 is 5.66. The van der Waals surface area contributed by atoms with Crippen LogP contribution in [0.3, 0.4) is 0 Å². The van der Waals surface area contributed by atoms with Gasteiger partial charge in [-0.3, -0.25) is 4.79 Å². The second kappa shape index (κ2) is 6.81. The molecular weight excluding hydrogens is 371 g/mol. The molecule has 1 aromatic carbocycles. The van der Waals surface area contributed by atoms with E-state index in [1.54, 1.807) is 35.1 Å². The van der Waals surface area contributed by atoms with Gasteiger partial charge in [-0.1, -0.05) is 41.9 Å². The van der Waals surface area contributed by atoms with Crippen molar-refractivity contribution in [3.63, 3.8) is 0 Å². The van der Waals surface area contributed by atoms with Crippen molar-refractivity contribution in [1.29, 1.82) is 0 Å². The number of nitrogens with one attached hydrogen (secondary N) is 1. The summed E-state index contributed by atoms with van der Waals surface area (Å²) < 4.78 is 63.1. The molecule has 0 fully saturated rings. The molecular formula is C13H11ClF3N3O3S. The van der Waals surface area contributed by atoms with Gasteiger partial charge in [-0.25, -0.2) is 18.1 Å². The number of nitrogens with zero attached hydrogens (tertiary/aromatic N) is 2. The van der Waals surface area contributed by atoms with Crippen LogP contribution in [0.25, 0.3) is 0 Å². The van der Waals surface area contributed by atoms with E-state index >= 15 is 0 Å². The highest BCUT2D eigenvalue weighted by Crippen LogP contribution is 2.22. The molecule has 6 nitrogen and oxygen atoms in total. The first-order valence-corrected chi connectivity index (χ1v) is 8.46. The van der Waals surface area contributed by atoms with Crippen LogP contribution in [0.1, 0.15) is 16.1 Å². The molecule has 0 aliphatic heterocycles. The van der Waals surface area contributed by atoms with Crippen molar-refractivity contribution in [2.45, 2.75) is 18.5 Å². The minimum absolute atomic E-state index is 0.437. The van der Waals surface area contributed by atoms with Crippen molar-refractivity contribution in [2.24, 2.45) is 0 Å². The first kappa shape index (κ1) is 18.3. The summed E-state index contributed by atoms with van der Waals surface area (Å²) in [6, 6.07) is 8.05. The maximum Gasteiger partial charge on any atom is 0.406 e. The van der Waals surface area contributed by atoms with Crippen LogP contribution in [0.15, 0.2) is 36.7 Å². The van der Waals surface area contributed by atoms with Gasteiger partial charge in [0.05, 0.1) is 12.1 Å². The van der Waals surface area contributed by atoms with Gasteiger partial charge >= 0.3 is 6.18 Å². The maximum atomic E-state index is 12.3. The second-order valence-electron chi connectivity index (χ2n) is 4.80. The van der Waals surface area contributed by atoms with Gasteiger partial charge in [-0.05, 0) is 5.56 Å². The van der Waals surface area contributed by atoms with E-state index in [0.717, 1.165) is 0 Å². The van der Waals surface area contributed by atoms with Crippen molar-refractivity contribution >= 4 is 27.5 Å². The molecule has 2 rings (SSSR count). The molecule has 1 heterocycles. The quantitative estimate of drug-likeness (QED) is 0.862. The number of carbonyl (C=O) groups is 1. The third kappa shape index (κ3) is 4.96. The highest BCUT2D eigenvalue weighted by Gasteiger charge is 2.30. The number of aromatic nitrogens is 2. The molecule has 0 atom stereocenters. The molecule has 1 amide bonds. The van der Waals surface area contributed by atoms with Gasteiger partial charge in [0.2, 0.25) is 10.0 Å². The number of alkyl halides is 3. The molecule has 0 spiro atoms. The lowest BCUT2D eigenvalue weighted by Crippen LogP contribution is -2.32. The fourth-order valence-electron chi connectivity index (χ4n) is 1.84. The molecule has 1 aromatic heterocycles. The zero-order chi connectivity index (χ0) is 18.0. The predicted octanol–water partition coefficient (Wildman–Crippen LogP) is 2.36. The Morgan fingerprint density at radius 2 is 1.88 bits per heavy atom. The molecule has 0 aliphatic rings. The fourth-order valence-corrected chi connectivity index (χ4v) is 3.16. The number of sulfonamides is 1. The summed E-state index contributed by atoms with van der Waals surface area (Å²) in [4.78, 5) is 15.4. The van der Waals surface area contributed by atoms with Crippen molar-refractivity contribution in [3.05, 3.63) is 53.1 Å². The minimum atomic E-state index is -4.56. The van der Waals surface area contributed by atoms with Crippen molar-refractivity contribution in [3.8, 4) is 0 Å². The number of hydrogen-bond acceptors (Lipinski definition) is 4. The van der Waals surface area contributed by atoms with Crippen molar-refractivity contribution < 1.29 is 26.4 Å². The van der Waals surface area contributed by atoms with E-state index in [1.165, 1.54) is 0 Å². The van der Waals surface area contributed by atoms with Crippen LogP contribution >= 0.6 is 11.6 Å². The normalized spacial score (nSPS) is 12.2. The second-order valence-corrected chi connectivity index (χ2v) is 6.88. The van der Waals surface area contributed by atoms with Gasteiger partial charge in [-0.2, -0.15) is 13.2 Å². The number of halogens is 4. The van der Waals surface area contributed by atoms with Gasteiger partial charge in [-0.15, -0.1) is 0 Å². The van der Waals surface area contributed by atoms with Crippen LogP contribution in [-0.2, 0) is 22.3 Å². The van der Waals surface area contributed by atoms with Gasteiger partial charge in [0.25, 0.3) is 5.91 Å². The van der Waals surface area contributed by atoms with Crippen LogP contribution < -0.4 is 4.72 Å². The SMILES string of the molecule is O=C(NS(=O)(=O)Cc1ccccc1)c1ncn(CC(F)(F)F)c1Cl. The Hall–Kier alpha value is -2.07. The Labute approximate surface area is 140 Å². The van der Waals surface area contributed by atoms with E-state index in [1.807, 2.05) is 0 Å². The standard InChI is InChI=1S/C13H11ClF3N3O3S/c14-11-10(18-8-20(11)7-13(15,16)17)12(21)19-24(22,23)6-9-4-2-1-3-5-9/h1-5,8H,6-7H2,(H,19,21). The highest BCUT2D eigenvalue weighted by molar-refractivity contribution is 7.89. The number of imidazole rings is 1. The van der Waals surface area contributed by atoms with Crippen molar-refractivity contribution in [2.75, 3.05) is 0 Å². The van der Waals surface area contributed by atoms with E-state index < -0.39 is 45.3 Å². The third-order valence-corrected chi connectivity index (χ3v) is 4.39. The lowest BCUT2D eigenvalue weighted by Gasteiger charge is -2.08. The molecule has 0 saturated carbocycles. The molecule has 130 valence electrons. The monoisotopic (exact) mass is 381 g/mol. The first-order chi connectivity index (χ1) is 11.1. The minimum Gasteiger partial charge on any atom is -0.312 e. The summed E-state index contributed by atoms with van der Waals surface area (Å²) in [6.45, 7) is -1.44. The van der Waals surface area contributed by atoms with Gasteiger partial charge < -0.3 is 4.57 Å². The number of rotatable bonds is 5. The Kier molecular flexibility index (Phi) is 5.19. The Balaban J connectivity index is 2.12. The maximum absolute atomic E-state index is 12.3. The predicted molar refractivity (Wildman–Crippen MR) is 79.8 cm³/mol. The largest absolute Gasteiger partial charge is 0.406 e. The summed E-state index contributed by atoms with van der Waals surface area (Å²) in [7, 11) is -4.05. The molecule has 0 bridgehead atoms. The van der Waals surface area contributed by atoms with E-state index in [0.29, 0.717) is 16.5 Å². The Morgan fingerprint density at radius 3 is 2.46 bits per heavy atom. The van der Waals surface area contributed by atoms with E-state index in [9.17, 15) is 26.4 Å². The van der Waals surface area contributed by atoms with Gasteiger partial charge in [0.15, 0.2) is 5.69 Å². The summed E-state index contributed by atoms with van der Waals surface area (Å²) in [5.41, 5.74) is -0.163. The summed E-state index contributed by atoms with van der Waals surface area (Å²) in [5.74, 6) is -1.67. The van der Waals surface area contributed by atoms with E-state index in [-0.39, 0.29) is 0 Å². The smallest absolute Gasteiger partial charge is 0.312 e. The third-order valence-electron chi connectivity index (χ3n) is 2.79. The molecule has 0 unspecified atom stereocenters. The number of benzene rings is 1. The Bertz CT molecular complexity index is 835. The van der Waals surface area contributed by atoms with Crippen molar-refractivity contribution in [1.82, 2.24) is 14.3 Å². The molecule has 0 aliphatic carbocycles. The van der Waals surface area contributed by atoms with Gasteiger partial charge in [0.1, 0.15) is 11.7 Å². The topological polar surface area (TPSA) is 81.1 Å². The van der Waals surface area contributed by atoms with Gasteiger partial charge in [0, 0.05) is 0 Å². The van der Waals surface area contributed by atoms with Crippen LogP contribution in [0, 0.1) is 0 Å². The first-order valence-electron chi connectivity index (χ1n) is 6.43. The van der Waals surface area contributed by atoms with Crippen LogP contribution in [0.5, 0.6) is 0 Å². The number of hydrogen-bond donors (Lipinski definition) is 1. The number of amides is 1. The van der Waals surface area contributed by atoms with E-state index in [2.05, 4.69) is 4.98 Å². The lowest BCUT2D eigenvalue weighted by atomic mass is 10.2. The van der Waals surface area contributed by atoms with Crippen LogP contribution in [0.4, 0.5) is 13.2 Å². The number of carbonyl (C=O) groups excluding carboxylic acids is 1. The highest BCUT2D eigenvalue weighted by atomic mass is 35.5. The fraction of sp³-hybridized carbons (Fsp3) is 0.231. The zero-order valence-corrected chi connectivity index (χ0v) is 13.5. The molecule has 24 heavy (non-hydrogen) atoms. The average molecular weight is 382 g/mol. The average Bonchev–Trinajstić information content (AvgIpc) is 2.78. The molecule has 11 heteroatoms. The summed E-state index contributed by atoms with van der Waals surface area (Å²) in [6.07, 6.45) is -3.84. The lowest BCUT2D eigenvalue weighted by molar-refractivity contribution is -0.140.